The van der Waals surface area contributed by atoms with Gasteiger partial charge in [0, 0.05) is 14.2 Å². The van der Waals surface area contributed by atoms with E-state index in [1.807, 2.05) is 0 Å². The summed E-state index contributed by atoms with van der Waals surface area (Å²) >= 11 is 0. The van der Waals surface area contributed by atoms with Crippen molar-refractivity contribution in [3.63, 3.8) is 0 Å². The summed E-state index contributed by atoms with van der Waals surface area (Å²) in [5.41, 5.74) is 0. The molecular weight excluding hydrogens is 184 g/mol. The Morgan fingerprint density at radius 1 is 1.57 bits per heavy atom. The first-order chi connectivity index (χ1) is 6.77. The number of hydrogen-bond acceptors (Lipinski definition) is 4. The SMILES string of the molecule is COC(CNC(=O)C1CCCN1)OC. The zero-order chi connectivity index (χ0) is 10.4. The normalized spacial score (nSPS) is 21.5. The molecule has 1 heterocycles. The summed E-state index contributed by atoms with van der Waals surface area (Å²) in [6.07, 6.45) is 1.62. The highest BCUT2D eigenvalue weighted by molar-refractivity contribution is 5.81. The van der Waals surface area contributed by atoms with Gasteiger partial charge in [-0.2, -0.15) is 0 Å². The van der Waals surface area contributed by atoms with Crippen molar-refractivity contribution in [3.8, 4) is 0 Å². The highest BCUT2D eigenvalue weighted by Crippen LogP contribution is 2.04. The maximum Gasteiger partial charge on any atom is 0.237 e. The number of carbonyl (C=O) groups is 1. The van der Waals surface area contributed by atoms with Crippen molar-refractivity contribution in [1.29, 1.82) is 0 Å². The second-order valence-electron chi connectivity index (χ2n) is 3.30. The van der Waals surface area contributed by atoms with E-state index >= 15 is 0 Å². The Balaban J connectivity index is 2.19. The molecule has 5 nitrogen and oxygen atoms in total. The highest BCUT2D eigenvalue weighted by Gasteiger charge is 2.22. The van der Waals surface area contributed by atoms with Crippen LogP contribution in [0.3, 0.4) is 0 Å². The first-order valence-corrected chi connectivity index (χ1v) is 4.84. The third-order valence-corrected chi connectivity index (χ3v) is 2.35. The van der Waals surface area contributed by atoms with Crippen LogP contribution in [-0.4, -0.2) is 45.5 Å². The summed E-state index contributed by atoms with van der Waals surface area (Å²) in [6, 6.07) is -0.0376. The molecule has 1 atom stereocenters. The Hall–Kier alpha value is -0.650. The number of amides is 1. The molecule has 14 heavy (non-hydrogen) atoms. The van der Waals surface area contributed by atoms with Gasteiger partial charge in [-0.3, -0.25) is 4.79 Å². The second kappa shape index (κ2) is 5.95. The van der Waals surface area contributed by atoms with Gasteiger partial charge >= 0.3 is 0 Å². The molecule has 1 amide bonds. The zero-order valence-corrected chi connectivity index (χ0v) is 8.71. The van der Waals surface area contributed by atoms with Crippen molar-refractivity contribution in [2.24, 2.45) is 0 Å². The lowest BCUT2D eigenvalue weighted by Crippen LogP contribution is -2.43. The lowest BCUT2D eigenvalue weighted by molar-refractivity contribution is -0.128. The van der Waals surface area contributed by atoms with Gasteiger partial charge in [0.1, 0.15) is 0 Å². The van der Waals surface area contributed by atoms with Crippen molar-refractivity contribution in [2.75, 3.05) is 27.3 Å². The van der Waals surface area contributed by atoms with Crippen LogP contribution in [0.5, 0.6) is 0 Å². The first kappa shape index (κ1) is 11.4. The Labute approximate surface area is 84.1 Å². The van der Waals surface area contributed by atoms with E-state index < -0.39 is 0 Å². The predicted octanol–water partition coefficient (Wildman–Crippen LogP) is -0.526. The third kappa shape index (κ3) is 3.25. The zero-order valence-electron chi connectivity index (χ0n) is 8.71. The van der Waals surface area contributed by atoms with Crippen LogP contribution in [0.15, 0.2) is 0 Å². The molecule has 0 aromatic heterocycles. The van der Waals surface area contributed by atoms with Crippen LogP contribution in [0.25, 0.3) is 0 Å². The van der Waals surface area contributed by atoms with Gasteiger partial charge in [0.2, 0.25) is 5.91 Å². The fraction of sp³-hybridized carbons (Fsp3) is 0.889. The van der Waals surface area contributed by atoms with Crippen LogP contribution in [-0.2, 0) is 14.3 Å². The van der Waals surface area contributed by atoms with E-state index in [2.05, 4.69) is 10.6 Å². The van der Waals surface area contributed by atoms with Crippen molar-refractivity contribution in [3.05, 3.63) is 0 Å². The molecule has 1 saturated heterocycles. The lowest BCUT2D eigenvalue weighted by Gasteiger charge is -2.16. The summed E-state index contributed by atoms with van der Waals surface area (Å²) in [5.74, 6) is 0.0293. The van der Waals surface area contributed by atoms with Gasteiger partial charge < -0.3 is 20.1 Å². The topological polar surface area (TPSA) is 59.6 Å². The molecule has 1 unspecified atom stereocenters. The third-order valence-electron chi connectivity index (χ3n) is 2.35. The average molecular weight is 202 g/mol. The van der Waals surface area contributed by atoms with E-state index in [1.54, 1.807) is 14.2 Å². The van der Waals surface area contributed by atoms with Crippen molar-refractivity contribution in [2.45, 2.75) is 25.2 Å². The minimum atomic E-state index is -0.361. The Kier molecular flexibility index (Phi) is 4.86. The summed E-state index contributed by atoms with van der Waals surface area (Å²) < 4.78 is 9.91. The molecule has 0 radical (unpaired) electrons. The molecule has 0 aliphatic carbocycles. The number of hydrogen-bond donors (Lipinski definition) is 2. The lowest BCUT2D eigenvalue weighted by atomic mass is 10.2. The van der Waals surface area contributed by atoms with Gasteiger partial charge in [-0.05, 0) is 19.4 Å². The van der Waals surface area contributed by atoms with E-state index in [0.29, 0.717) is 6.54 Å². The van der Waals surface area contributed by atoms with Gasteiger partial charge in [0.25, 0.3) is 0 Å². The van der Waals surface area contributed by atoms with Crippen LogP contribution in [0.2, 0.25) is 0 Å². The fourth-order valence-corrected chi connectivity index (χ4v) is 1.48. The maximum absolute atomic E-state index is 11.5. The van der Waals surface area contributed by atoms with Gasteiger partial charge in [-0.15, -0.1) is 0 Å². The minimum Gasteiger partial charge on any atom is -0.354 e. The van der Waals surface area contributed by atoms with E-state index in [0.717, 1.165) is 19.4 Å². The molecule has 0 aromatic rings. The number of ether oxygens (including phenoxy) is 2. The van der Waals surface area contributed by atoms with E-state index in [4.69, 9.17) is 9.47 Å². The summed E-state index contributed by atoms with van der Waals surface area (Å²) in [7, 11) is 3.10. The minimum absolute atomic E-state index is 0.0293. The van der Waals surface area contributed by atoms with Crippen LogP contribution < -0.4 is 10.6 Å². The van der Waals surface area contributed by atoms with Gasteiger partial charge in [-0.1, -0.05) is 0 Å². The molecule has 1 fully saturated rings. The smallest absolute Gasteiger partial charge is 0.237 e. The monoisotopic (exact) mass is 202 g/mol. The van der Waals surface area contributed by atoms with Crippen LogP contribution in [0.1, 0.15) is 12.8 Å². The van der Waals surface area contributed by atoms with E-state index in [9.17, 15) is 4.79 Å². The maximum atomic E-state index is 11.5. The predicted molar refractivity (Wildman–Crippen MR) is 51.8 cm³/mol. The summed E-state index contributed by atoms with van der Waals surface area (Å²) in [4.78, 5) is 11.5. The van der Waals surface area contributed by atoms with Gasteiger partial charge in [0.05, 0.1) is 12.6 Å². The molecule has 0 bridgehead atoms. The molecule has 1 rings (SSSR count). The standard InChI is InChI=1S/C9H18N2O3/c1-13-8(14-2)6-11-9(12)7-4-3-5-10-7/h7-8,10H,3-6H2,1-2H3,(H,11,12). The van der Waals surface area contributed by atoms with Gasteiger partial charge in [0.15, 0.2) is 6.29 Å². The molecule has 2 N–H and O–H groups in total. The first-order valence-electron chi connectivity index (χ1n) is 4.84. The van der Waals surface area contributed by atoms with Crippen molar-refractivity contribution >= 4 is 5.91 Å². The molecule has 0 spiro atoms. The number of nitrogens with one attached hydrogen (secondary N) is 2. The Bertz CT molecular complexity index is 177. The number of carbonyl (C=O) groups excluding carboxylic acids is 1. The van der Waals surface area contributed by atoms with E-state index in [1.165, 1.54) is 0 Å². The molecule has 82 valence electrons. The highest BCUT2D eigenvalue weighted by atomic mass is 16.7. The quantitative estimate of drug-likeness (QED) is 0.589. The van der Waals surface area contributed by atoms with Crippen molar-refractivity contribution < 1.29 is 14.3 Å². The van der Waals surface area contributed by atoms with Crippen molar-refractivity contribution in [1.82, 2.24) is 10.6 Å². The molecule has 1 aliphatic rings. The molecule has 0 saturated carbocycles. The van der Waals surface area contributed by atoms with Crippen LogP contribution >= 0.6 is 0 Å². The van der Waals surface area contributed by atoms with Crippen LogP contribution in [0.4, 0.5) is 0 Å². The number of rotatable bonds is 5. The fourth-order valence-electron chi connectivity index (χ4n) is 1.48. The largest absolute Gasteiger partial charge is 0.354 e. The second-order valence-corrected chi connectivity index (χ2v) is 3.30. The van der Waals surface area contributed by atoms with Gasteiger partial charge in [-0.25, -0.2) is 0 Å². The Morgan fingerprint density at radius 3 is 2.79 bits per heavy atom. The summed E-state index contributed by atoms with van der Waals surface area (Å²) in [5, 5.41) is 5.90. The Morgan fingerprint density at radius 2 is 2.29 bits per heavy atom. The van der Waals surface area contributed by atoms with Crippen LogP contribution in [0, 0.1) is 0 Å². The average Bonchev–Trinajstić information content (AvgIpc) is 2.72. The van der Waals surface area contributed by atoms with E-state index in [-0.39, 0.29) is 18.2 Å². The molecule has 5 heteroatoms. The molecular formula is C9H18N2O3. The summed E-state index contributed by atoms with van der Waals surface area (Å²) in [6.45, 7) is 1.32. The molecule has 0 aromatic carbocycles. The molecule has 1 aliphatic heterocycles. The number of methoxy groups -OCH3 is 2.